The van der Waals surface area contributed by atoms with Crippen molar-refractivity contribution in [2.24, 2.45) is 5.92 Å². The number of hydrogen-bond donors (Lipinski definition) is 2. The number of carbonyl (C=O) groups is 1. The summed E-state index contributed by atoms with van der Waals surface area (Å²) in [5, 5.41) is 12.6. The van der Waals surface area contributed by atoms with Crippen LogP contribution in [0.5, 0.6) is 5.75 Å². The van der Waals surface area contributed by atoms with Gasteiger partial charge in [-0.3, -0.25) is 9.69 Å². The number of carbonyl (C=O) groups excluding carboxylic acids is 1. The highest BCUT2D eigenvalue weighted by Gasteiger charge is 2.22. The molecule has 1 aliphatic heterocycles. The largest absolute Gasteiger partial charge is 0.507 e. The summed E-state index contributed by atoms with van der Waals surface area (Å²) < 4.78 is 5.71. The zero-order valence-corrected chi connectivity index (χ0v) is 13.6. The molecule has 5 heteroatoms. The second kappa shape index (κ2) is 7.61. The SMILES string of the molecule is Cc1ccc(O)c(C(=O)NC[C@@H]2CN(CC(C)C)CCO2)c1. The van der Waals surface area contributed by atoms with Crippen LogP contribution in [-0.2, 0) is 4.74 Å². The Morgan fingerprint density at radius 3 is 3.00 bits per heavy atom. The van der Waals surface area contributed by atoms with E-state index in [0.29, 0.717) is 24.6 Å². The fourth-order valence-corrected chi connectivity index (χ4v) is 2.72. The number of aromatic hydroxyl groups is 1. The van der Waals surface area contributed by atoms with Gasteiger partial charge in [-0.2, -0.15) is 0 Å². The molecule has 0 unspecified atom stereocenters. The van der Waals surface area contributed by atoms with Crippen molar-refractivity contribution in [2.45, 2.75) is 26.9 Å². The van der Waals surface area contributed by atoms with Crippen molar-refractivity contribution in [1.29, 1.82) is 0 Å². The predicted molar refractivity (Wildman–Crippen MR) is 86.2 cm³/mol. The number of nitrogens with zero attached hydrogens (tertiary/aromatic N) is 1. The van der Waals surface area contributed by atoms with Gasteiger partial charge in [-0.15, -0.1) is 0 Å². The molecule has 0 aromatic heterocycles. The lowest BCUT2D eigenvalue weighted by Gasteiger charge is -2.33. The van der Waals surface area contributed by atoms with Crippen LogP contribution in [0.4, 0.5) is 0 Å². The Labute approximate surface area is 132 Å². The van der Waals surface area contributed by atoms with Crippen LogP contribution in [0, 0.1) is 12.8 Å². The number of nitrogens with one attached hydrogen (secondary N) is 1. The van der Waals surface area contributed by atoms with E-state index in [4.69, 9.17) is 4.74 Å². The van der Waals surface area contributed by atoms with Crippen LogP contribution < -0.4 is 5.32 Å². The highest BCUT2D eigenvalue weighted by atomic mass is 16.5. The third kappa shape index (κ3) is 4.71. The molecule has 22 heavy (non-hydrogen) atoms. The smallest absolute Gasteiger partial charge is 0.255 e. The summed E-state index contributed by atoms with van der Waals surface area (Å²) in [5.41, 5.74) is 1.26. The average molecular weight is 306 g/mol. The van der Waals surface area contributed by atoms with Crippen molar-refractivity contribution in [3.05, 3.63) is 29.3 Å². The van der Waals surface area contributed by atoms with E-state index in [0.717, 1.165) is 25.2 Å². The number of phenolic OH excluding ortho intramolecular Hbond substituents is 1. The lowest BCUT2D eigenvalue weighted by molar-refractivity contribution is -0.0295. The lowest BCUT2D eigenvalue weighted by atomic mass is 10.1. The minimum Gasteiger partial charge on any atom is -0.507 e. The summed E-state index contributed by atoms with van der Waals surface area (Å²) in [6.45, 7) is 10.3. The molecule has 5 nitrogen and oxygen atoms in total. The number of ether oxygens (including phenoxy) is 1. The first-order chi connectivity index (χ1) is 10.5. The summed E-state index contributed by atoms with van der Waals surface area (Å²) in [6, 6.07) is 5.02. The monoisotopic (exact) mass is 306 g/mol. The van der Waals surface area contributed by atoms with Gasteiger partial charge in [-0.05, 0) is 25.0 Å². The van der Waals surface area contributed by atoms with E-state index in [1.807, 2.05) is 6.92 Å². The Balaban J connectivity index is 1.86. The lowest BCUT2D eigenvalue weighted by Crippen LogP contribution is -2.48. The summed E-state index contributed by atoms with van der Waals surface area (Å²) in [6.07, 6.45) is 0.00315. The Morgan fingerprint density at radius 1 is 1.50 bits per heavy atom. The second-order valence-corrected chi connectivity index (χ2v) is 6.38. The first kappa shape index (κ1) is 16.8. The molecule has 0 spiro atoms. The van der Waals surface area contributed by atoms with Gasteiger partial charge < -0.3 is 15.2 Å². The number of rotatable bonds is 5. The van der Waals surface area contributed by atoms with Crippen LogP contribution in [0.2, 0.25) is 0 Å². The molecule has 1 amide bonds. The predicted octanol–water partition coefficient (Wildman–Crippen LogP) is 1.79. The standard InChI is InChI=1S/C17H26N2O3/c1-12(2)10-19-6-7-22-14(11-19)9-18-17(21)15-8-13(3)4-5-16(15)20/h4-5,8,12,14,20H,6-7,9-11H2,1-3H3,(H,18,21)/t14-/m1/s1. The molecule has 1 aliphatic rings. The molecule has 122 valence electrons. The number of morpholine rings is 1. The van der Waals surface area contributed by atoms with Crippen molar-refractivity contribution < 1.29 is 14.6 Å². The average Bonchev–Trinajstić information content (AvgIpc) is 2.47. The topological polar surface area (TPSA) is 61.8 Å². The van der Waals surface area contributed by atoms with Gasteiger partial charge in [-0.25, -0.2) is 0 Å². The summed E-state index contributed by atoms with van der Waals surface area (Å²) in [4.78, 5) is 14.5. The molecule has 1 heterocycles. The van der Waals surface area contributed by atoms with E-state index in [2.05, 4.69) is 24.1 Å². The van der Waals surface area contributed by atoms with Crippen LogP contribution in [-0.4, -0.2) is 54.8 Å². The fraction of sp³-hybridized carbons (Fsp3) is 0.588. The molecule has 1 atom stereocenters. The molecule has 1 saturated heterocycles. The molecule has 1 fully saturated rings. The Morgan fingerprint density at radius 2 is 2.27 bits per heavy atom. The molecular weight excluding hydrogens is 280 g/mol. The first-order valence-electron chi connectivity index (χ1n) is 7.87. The molecule has 0 aliphatic carbocycles. The van der Waals surface area contributed by atoms with Gasteiger partial charge in [0.25, 0.3) is 5.91 Å². The Bertz CT molecular complexity index is 517. The normalized spacial score (nSPS) is 19.4. The molecule has 1 aromatic rings. The molecule has 1 aromatic carbocycles. The van der Waals surface area contributed by atoms with Crippen molar-refractivity contribution in [2.75, 3.05) is 32.8 Å². The second-order valence-electron chi connectivity index (χ2n) is 6.38. The summed E-state index contributed by atoms with van der Waals surface area (Å²) in [5.74, 6) is 0.373. The van der Waals surface area contributed by atoms with Crippen LogP contribution in [0.15, 0.2) is 18.2 Å². The number of aryl methyl sites for hydroxylation is 1. The first-order valence-corrected chi connectivity index (χ1v) is 7.87. The number of hydrogen-bond acceptors (Lipinski definition) is 4. The van der Waals surface area contributed by atoms with Gasteiger partial charge in [0.1, 0.15) is 5.75 Å². The molecule has 0 saturated carbocycles. The van der Waals surface area contributed by atoms with Gasteiger partial charge in [-0.1, -0.05) is 25.5 Å². The number of amides is 1. The van der Waals surface area contributed by atoms with Gasteiger partial charge in [0, 0.05) is 26.2 Å². The van der Waals surface area contributed by atoms with Gasteiger partial charge in [0.05, 0.1) is 18.3 Å². The molecule has 0 radical (unpaired) electrons. The van der Waals surface area contributed by atoms with E-state index in [-0.39, 0.29) is 17.8 Å². The van der Waals surface area contributed by atoms with E-state index in [1.165, 1.54) is 0 Å². The highest BCUT2D eigenvalue weighted by molar-refractivity contribution is 5.97. The Hall–Kier alpha value is -1.59. The zero-order chi connectivity index (χ0) is 16.1. The zero-order valence-electron chi connectivity index (χ0n) is 13.6. The highest BCUT2D eigenvalue weighted by Crippen LogP contribution is 2.18. The maximum atomic E-state index is 12.2. The van der Waals surface area contributed by atoms with Crippen LogP contribution in [0.25, 0.3) is 0 Å². The Kier molecular flexibility index (Phi) is 5.80. The molecular formula is C17H26N2O3. The third-order valence-electron chi connectivity index (χ3n) is 3.73. The third-order valence-corrected chi connectivity index (χ3v) is 3.73. The summed E-state index contributed by atoms with van der Waals surface area (Å²) >= 11 is 0. The van der Waals surface area contributed by atoms with Crippen molar-refractivity contribution in [3.63, 3.8) is 0 Å². The maximum absolute atomic E-state index is 12.2. The van der Waals surface area contributed by atoms with Crippen molar-refractivity contribution in [1.82, 2.24) is 10.2 Å². The van der Waals surface area contributed by atoms with E-state index in [9.17, 15) is 9.90 Å². The quantitative estimate of drug-likeness (QED) is 0.870. The summed E-state index contributed by atoms with van der Waals surface area (Å²) in [7, 11) is 0. The van der Waals surface area contributed by atoms with Crippen molar-refractivity contribution >= 4 is 5.91 Å². The minimum absolute atomic E-state index is 0.00315. The number of benzene rings is 1. The van der Waals surface area contributed by atoms with Crippen LogP contribution >= 0.6 is 0 Å². The van der Waals surface area contributed by atoms with E-state index in [1.54, 1.807) is 18.2 Å². The van der Waals surface area contributed by atoms with Crippen LogP contribution in [0.3, 0.4) is 0 Å². The molecule has 0 bridgehead atoms. The van der Waals surface area contributed by atoms with Gasteiger partial charge in [0.2, 0.25) is 0 Å². The van der Waals surface area contributed by atoms with Gasteiger partial charge >= 0.3 is 0 Å². The maximum Gasteiger partial charge on any atom is 0.255 e. The van der Waals surface area contributed by atoms with Crippen molar-refractivity contribution in [3.8, 4) is 5.75 Å². The van der Waals surface area contributed by atoms with E-state index >= 15 is 0 Å². The van der Waals surface area contributed by atoms with E-state index < -0.39 is 0 Å². The minimum atomic E-state index is -0.259. The fourth-order valence-electron chi connectivity index (χ4n) is 2.72. The van der Waals surface area contributed by atoms with Crippen LogP contribution in [0.1, 0.15) is 29.8 Å². The van der Waals surface area contributed by atoms with Gasteiger partial charge in [0.15, 0.2) is 0 Å². The molecule has 2 rings (SSSR count). The number of phenols is 1. The molecule has 2 N–H and O–H groups in total.